The summed E-state index contributed by atoms with van der Waals surface area (Å²) < 4.78 is 1.99. The Kier molecular flexibility index (Phi) is 6.35. The molecule has 2 aromatic heterocycles. The van der Waals surface area contributed by atoms with E-state index in [0.717, 1.165) is 40.6 Å². The normalized spacial score (nSPS) is 16.3. The fourth-order valence-corrected chi connectivity index (χ4v) is 5.00. The summed E-state index contributed by atoms with van der Waals surface area (Å²) >= 11 is 1.31. The summed E-state index contributed by atoms with van der Waals surface area (Å²) in [6.07, 6.45) is 4.44. The first-order valence-electron chi connectivity index (χ1n) is 11.4. The number of aromatic nitrogens is 4. The third-order valence-corrected chi connectivity index (χ3v) is 6.86. The van der Waals surface area contributed by atoms with Gasteiger partial charge in [0.05, 0.1) is 5.75 Å². The lowest BCUT2D eigenvalue weighted by Gasteiger charge is -2.15. The van der Waals surface area contributed by atoms with E-state index in [-0.39, 0.29) is 17.6 Å². The maximum absolute atomic E-state index is 12.7. The predicted octanol–water partition coefficient (Wildman–Crippen LogP) is 3.60. The van der Waals surface area contributed by atoms with Crippen LogP contribution in [0.25, 0.3) is 28.0 Å². The van der Waals surface area contributed by atoms with Crippen LogP contribution in [0.5, 0.6) is 0 Å². The number of nitrogens with one attached hydrogen (secondary N) is 3. The van der Waals surface area contributed by atoms with Gasteiger partial charge in [-0.25, -0.2) is 0 Å². The van der Waals surface area contributed by atoms with Gasteiger partial charge in [0.1, 0.15) is 6.04 Å². The maximum Gasteiger partial charge on any atom is 0.242 e. The highest BCUT2D eigenvalue weighted by Crippen LogP contribution is 2.32. The number of rotatable bonds is 6. The lowest BCUT2D eigenvalue weighted by Crippen LogP contribution is -2.46. The van der Waals surface area contributed by atoms with Crippen LogP contribution in [0.3, 0.4) is 0 Å². The number of hydrogen-bond acceptors (Lipinski definition) is 5. The number of carbonyl (C=O) groups excluding carboxylic acids is 2. The predicted molar refractivity (Wildman–Crippen MR) is 133 cm³/mol. The highest BCUT2D eigenvalue weighted by atomic mass is 32.2. The van der Waals surface area contributed by atoms with Crippen molar-refractivity contribution in [2.75, 3.05) is 12.3 Å². The van der Waals surface area contributed by atoms with E-state index in [4.69, 9.17) is 0 Å². The molecule has 0 bridgehead atoms. The Labute approximate surface area is 201 Å². The van der Waals surface area contributed by atoms with Crippen molar-refractivity contribution in [3.8, 4) is 17.1 Å². The molecule has 2 aromatic carbocycles. The fourth-order valence-electron chi connectivity index (χ4n) is 4.24. The summed E-state index contributed by atoms with van der Waals surface area (Å²) in [5.74, 6) is 0.538. The molecule has 9 heteroatoms. The first-order chi connectivity index (χ1) is 16.6. The van der Waals surface area contributed by atoms with Crippen LogP contribution in [0, 0.1) is 6.92 Å². The van der Waals surface area contributed by atoms with E-state index in [1.165, 1.54) is 11.8 Å². The Morgan fingerprint density at radius 2 is 2.06 bits per heavy atom. The number of aromatic amines is 1. The molecule has 34 heavy (non-hydrogen) atoms. The van der Waals surface area contributed by atoms with Crippen molar-refractivity contribution in [3.05, 3.63) is 60.3 Å². The van der Waals surface area contributed by atoms with Crippen LogP contribution in [-0.4, -0.2) is 49.9 Å². The summed E-state index contributed by atoms with van der Waals surface area (Å²) in [6, 6.07) is 15.7. The maximum atomic E-state index is 12.7. The number of carbonyl (C=O) groups is 2. The molecule has 5 rings (SSSR count). The molecule has 2 amide bonds. The topological polar surface area (TPSA) is 105 Å². The molecule has 0 unspecified atom stereocenters. The molecule has 0 aliphatic carbocycles. The van der Waals surface area contributed by atoms with Gasteiger partial charge in [-0.1, -0.05) is 42.1 Å². The van der Waals surface area contributed by atoms with Crippen molar-refractivity contribution in [1.82, 2.24) is 30.4 Å². The number of aryl methyl sites for hydroxylation is 1. The van der Waals surface area contributed by atoms with Crippen LogP contribution in [0.15, 0.2) is 59.9 Å². The van der Waals surface area contributed by atoms with Gasteiger partial charge in [-0.05, 0) is 49.9 Å². The zero-order valence-electron chi connectivity index (χ0n) is 18.9. The number of para-hydroxylation sites is 1. The molecule has 3 N–H and O–H groups in total. The number of nitrogens with zero attached hydrogens (tertiary/aromatic N) is 3. The van der Waals surface area contributed by atoms with Crippen molar-refractivity contribution in [3.63, 3.8) is 0 Å². The van der Waals surface area contributed by atoms with Gasteiger partial charge in [-0.15, -0.1) is 10.2 Å². The second kappa shape index (κ2) is 9.72. The van der Waals surface area contributed by atoms with Gasteiger partial charge in [-0.2, -0.15) is 0 Å². The molecular weight excluding hydrogens is 448 g/mol. The summed E-state index contributed by atoms with van der Waals surface area (Å²) in [7, 11) is 0. The van der Waals surface area contributed by atoms with Gasteiger partial charge in [0, 0.05) is 34.9 Å². The number of thioether (sulfide) groups is 1. The van der Waals surface area contributed by atoms with E-state index >= 15 is 0 Å². The largest absolute Gasteiger partial charge is 0.360 e. The molecule has 0 saturated carbocycles. The summed E-state index contributed by atoms with van der Waals surface area (Å²) in [4.78, 5) is 28.2. The van der Waals surface area contributed by atoms with E-state index in [2.05, 4.69) is 37.9 Å². The second-order valence-corrected chi connectivity index (χ2v) is 9.37. The molecule has 3 heterocycles. The summed E-state index contributed by atoms with van der Waals surface area (Å²) in [5, 5.41) is 16.3. The lowest BCUT2D eigenvalue weighted by molar-refractivity contribution is -0.127. The second-order valence-electron chi connectivity index (χ2n) is 8.42. The van der Waals surface area contributed by atoms with E-state index in [1.54, 1.807) is 0 Å². The van der Waals surface area contributed by atoms with Crippen LogP contribution in [0.4, 0.5) is 0 Å². The smallest absolute Gasteiger partial charge is 0.242 e. The van der Waals surface area contributed by atoms with Gasteiger partial charge in [0.2, 0.25) is 11.8 Å². The molecule has 1 aliphatic heterocycles. The van der Waals surface area contributed by atoms with Crippen molar-refractivity contribution >= 4 is 34.5 Å². The molecule has 174 valence electrons. The standard InChI is InChI=1S/C25H26N6O2S/c1-16-7-6-8-17(13-16)31-23(19-14-27-20-10-3-2-9-18(19)20)29-30-25(31)34-15-22(32)28-21-11-4-5-12-26-24(21)33/h2-3,6-10,13-14,21,27H,4-5,11-12,15H2,1H3,(H,26,33)(H,28,32)/t21-/m1/s1. The van der Waals surface area contributed by atoms with Crippen LogP contribution < -0.4 is 10.6 Å². The van der Waals surface area contributed by atoms with Crippen LogP contribution in [0.2, 0.25) is 0 Å². The number of fused-ring (bicyclic) bond motifs is 1. The molecule has 0 spiro atoms. The van der Waals surface area contributed by atoms with E-state index in [9.17, 15) is 9.59 Å². The van der Waals surface area contributed by atoms with Crippen molar-refractivity contribution in [1.29, 1.82) is 0 Å². The zero-order valence-corrected chi connectivity index (χ0v) is 19.7. The molecule has 1 atom stereocenters. The molecule has 1 fully saturated rings. The van der Waals surface area contributed by atoms with Crippen molar-refractivity contribution in [2.45, 2.75) is 37.4 Å². The Balaban J connectivity index is 1.43. The third-order valence-electron chi connectivity index (χ3n) is 5.93. The average molecular weight is 475 g/mol. The van der Waals surface area contributed by atoms with Crippen LogP contribution in [0.1, 0.15) is 24.8 Å². The molecule has 1 aliphatic rings. The first-order valence-corrected chi connectivity index (χ1v) is 12.4. The summed E-state index contributed by atoms with van der Waals surface area (Å²) in [6.45, 7) is 2.70. The SMILES string of the molecule is Cc1cccc(-n2c(SCC(=O)N[C@@H]3CCCCNC3=O)nnc2-c2c[nH]c3ccccc23)c1. The van der Waals surface area contributed by atoms with E-state index < -0.39 is 6.04 Å². The Morgan fingerprint density at radius 1 is 1.18 bits per heavy atom. The number of amides is 2. The highest BCUT2D eigenvalue weighted by molar-refractivity contribution is 7.99. The number of hydrogen-bond donors (Lipinski definition) is 3. The minimum atomic E-state index is -0.480. The first kappa shape index (κ1) is 22.2. The number of H-pyrrole nitrogens is 1. The average Bonchev–Trinajstić information content (AvgIpc) is 3.39. The molecule has 0 radical (unpaired) electrons. The monoisotopic (exact) mass is 474 g/mol. The summed E-state index contributed by atoms with van der Waals surface area (Å²) in [5.41, 5.74) is 4.00. The van der Waals surface area contributed by atoms with Crippen LogP contribution in [-0.2, 0) is 9.59 Å². The Bertz CT molecular complexity index is 1340. The minimum absolute atomic E-state index is 0.111. The van der Waals surface area contributed by atoms with Gasteiger partial charge in [-0.3, -0.25) is 14.2 Å². The molecule has 1 saturated heterocycles. The van der Waals surface area contributed by atoms with Gasteiger partial charge >= 0.3 is 0 Å². The fraction of sp³-hybridized carbons (Fsp3) is 0.280. The highest BCUT2D eigenvalue weighted by Gasteiger charge is 2.24. The molecule has 8 nitrogen and oxygen atoms in total. The molecular formula is C25H26N6O2S. The third kappa shape index (κ3) is 4.56. The minimum Gasteiger partial charge on any atom is -0.360 e. The van der Waals surface area contributed by atoms with Gasteiger partial charge in [0.25, 0.3) is 0 Å². The zero-order chi connectivity index (χ0) is 23.5. The van der Waals surface area contributed by atoms with E-state index in [0.29, 0.717) is 23.9 Å². The lowest BCUT2D eigenvalue weighted by atomic mass is 10.1. The Morgan fingerprint density at radius 3 is 2.94 bits per heavy atom. The van der Waals surface area contributed by atoms with Crippen molar-refractivity contribution < 1.29 is 9.59 Å². The Hall–Kier alpha value is -3.59. The quantitative estimate of drug-likeness (QED) is 0.371. The van der Waals surface area contributed by atoms with Gasteiger partial charge < -0.3 is 15.6 Å². The van der Waals surface area contributed by atoms with Gasteiger partial charge in [0.15, 0.2) is 11.0 Å². The van der Waals surface area contributed by atoms with E-state index in [1.807, 2.05) is 54.1 Å². The number of benzene rings is 2. The van der Waals surface area contributed by atoms with Crippen LogP contribution >= 0.6 is 11.8 Å². The molecule has 4 aromatic rings. The van der Waals surface area contributed by atoms with Crippen molar-refractivity contribution in [2.24, 2.45) is 0 Å².